The van der Waals surface area contributed by atoms with E-state index in [1.807, 2.05) is 32.0 Å². The maximum atomic E-state index is 11.1. The van der Waals surface area contributed by atoms with Crippen molar-refractivity contribution in [2.24, 2.45) is 0 Å². The summed E-state index contributed by atoms with van der Waals surface area (Å²) >= 11 is 0. The summed E-state index contributed by atoms with van der Waals surface area (Å²) in [6.07, 6.45) is 1.72. The standard InChI is InChI=1S/C10H16N2OS/c1-8-5-4-6-10(12-8)11-7-9(2)14(3)13/h4-6,9H,7H2,1-3H3,(H,11,12). The zero-order chi connectivity index (χ0) is 10.6. The Labute approximate surface area is 87.4 Å². The number of hydrogen-bond acceptors (Lipinski definition) is 3. The molecule has 4 heteroatoms. The molecule has 0 fully saturated rings. The lowest BCUT2D eigenvalue weighted by molar-refractivity contribution is 0.679. The molecule has 78 valence electrons. The van der Waals surface area contributed by atoms with Crippen LogP contribution in [0.2, 0.25) is 0 Å². The number of aryl methyl sites for hydroxylation is 1. The van der Waals surface area contributed by atoms with Gasteiger partial charge in [-0.3, -0.25) is 4.21 Å². The van der Waals surface area contributed by atoms with E-state index >= 15 is 0 Å². The van der Waals surface area contributed by atoms with Gasteiger partial charge in [0, 0.05) is 34.5 Å². The lowest BCUT2D eigenvalue weighted by atomic mass is 10.3. The van der Waals surface area contributed by atoms with Crippen LogP contribution >= 0.6 is 0 Å². The van der Waals surface area contributed by atoms with Crippen LogP contribution in [-0.4, -0.2) is 27.2 Å². The van der Waals surface area contributed by atoms with Crippen LogP contribution in [0, 0.1) is 6.92 Å². The minimum absolute atomic E-state index is 0.150. The van der Waals surface area contributed by atoms with Crippen molar-refractivity contribution in [1.82, 2.24) is 4.98 Å². The highest BCUT2D eigenvalue weighted by atomic mass is 32.2. The van der Waals surface area contributed by atoms with E-state index in [1.165, 1.54) is 0 Å². The molecule has 2 unspecified atom stereocenters. The largest absolute Gasteiger partial charge is 0.369 e. The number of rotatable bonds is 4. The van der Waals surface area contributed by atoms with Gasteiger partial charge in [-0.25, -0.2) is 4.98 Å². The third kappa shape index (κ3) is 3.46. The summed E-state index contributed by atoms with van der Waals surface area (Å²) in [4.78, 5) is 4.29. The fourth-order valence-electron chi connectivity index (χ4n) is 1.01. The Hall–Kier alpha value is -0.900. The first-order valence-corrected chi connectivity index (χ1v) is 6.21. The van der Waals surface area contributed by atoms with Gasteiger partial charge in [0.15, 0.2) is 0 Å². The molecular weight excluding hydrogens is 196 g/mol. The van der Waals surface area contributed by atoms with Gasteiger partial charge in [-0.15, -0.1) is 0 Å². The van der Waals surface area contributed by atoms with Gasteiger partial charge in [-0.05, 0) is 26.0 Å². The van der Waals surface area contributed by atoms with Gasteiger partial charge in [0.05, 0.1) is 0 Å². The third-order valence-corrected chi connectivity index (χ3v) is 3.33. The Morgan fingerprint density at radius 1 is 1.57 bits per heavy atom. The van der Waals surface area contributed by atoms with Crippen molar-refractivity contribution < 1.29 is 4.21 Å². The minimum atomic E-state index is -0.780. The normalized spacial score (nSPS) is 14.8. The van der Waals surface area contributed by atoms with Crippen molar-refractivity contribution in [3.8, 4) is 0 Å². The van der Waals surface area contributed by atoms with E-state index in [2.05, 4.69) is 10.3 Å². The van der Waals surface area contributed by atoms with Crippen molar-refractivity contribution in [2.75, 3.05) is 18.1 Å². The molecule has 0 amide bonds. The molecule has 2 atom stereocenters. The van der Waals surface area contributed by atoms with Crippen molar-refractivity contribution in [2.45, 2.75) is 19.1 Å². The summed E-state index contributed by atoms with van der Waals surface area (Å²) in [6.45, 7) is 4.60. The first-order valence-electron chi connectivity index (χ1n) is 4.59. The molecule has 0 saturated carbocycles. The quantitative estimate of drug-likeness (QED) is 0.823. The SMILES string of the molecule is Cc1cccc(NCC(C)S(C)=O)n1. The van der Waals surface area contributed by atoms with E-state index in [-0.39, 0.29) is 5.25 Å². The molecular formula is C10H16N2OS. The predicted octanol–water partition coefficient (Wildman–Crippen LogP) is 1.57. The minimum Gasteiger partial charge on any atom is -0.369 e. The number of hydrogen-bond donors (Lipinski definition) is 1. The molecule has 1 rings (SSSR count). The number of aromatic nitrogens is 1. The first-order chi connectivity index (χ1) is 6.59. The maximum absolute atomic E-state index is 11.1. The summed E-state index contributed by atoms with van der Waals surface area (Å²) < 4.78 is 11.1. The van der Waals surface area contributed by atoms with Gasteiger partial charge in [0.1, 0.15) is 5.82 Å². The molecule has 1 aromatic heterocycles. The Morgan fingerprint density at radius 3 is 2.86 bits per heavy atom. The average molecular weight is 212 g/mol. The predicted molar refractivity (Wildman–Crippen MR) is 61.0 cm³/mol. The summed E-state index contributed by atoms with van der Waals surface area (Å²) in [5, 5.41) is 3.31. The molecule has 0 spiro atoms. The second-order valence-electron chi connectivity index (χ2n) is 3.35. The van der Waals surface area contributed by atoms with Gasteiger partial charge in [0.2, 0.25) is 0 Å². The maximum Gasteiger partial charge on any atom is 0.126 e. The number of nitrogens with zero attached hydrogens (tertiary/aromatic N) is 1. The van der Waals surface area contributed by atoms with Crippen LogP contribution in [0.1, 0.15) is 12.6 Å². The van der Waals surface area contributed by atoms with E-state index in [4.69, 9.17) is 0 Å². The van der Waals surface area contributed by atoms with E-state index < -0.39 is 10.8 Å². The Kier molecular flexibility index (Phi) is 4.07. The van der Waals surface area contributed by atoms with Gasteiger partial charge in [-0.2, -0.15) is 0 Å². The first kappa shape index (κ1) is 11.2. The molecule has 1 aromatic rings. The number of nitrogens with one attached hydrogen (secondary N) is 1. The van der Waals surface area contributed by atoms with Crippen LogP contribution in [0.5, 0.6) is 0 Å². The Balaban J connectivity index is 2.49. The van der Waals surface area contributed by atoms with Gasteiger partial charge < -0.3 is 5.32 Å². The second kappa shape index (κ2) is 5.10. The molecule has 14 heavy (non-hydrogen) atoms. The monoisotopic (exact) mass is 212 g/mol. The molecule has 0 aliphatic rings. The topological polar surface area (TPSA) is 42.0 Å². The summed E-state index contributed by atoms with van der Waals surface area (Å²) in [6, 6.07) is 5.82. The molecule has 0 radical (unpaired) electrons. The van der Waals surface area contributed by atoms with Crippen LogP contribution in [-0.2, 0) is 10.8 Å². The molecule has 0 bridgehead atoms. The zero-order valence-corrected chi connectivity index (χ0v) is 9.60. The summed E-state index contributed by atoms with van der Waals surface area (Å²) in [5.41, 5.74) is 0.986. The van der Waals surface area contributed by atoms with Crippen LogP contribution in [0.3, 0.4) is 0 Å². The smallest absolute Gasteiger partial charge is 0.126 e. The molecule has 0 aromatic carbocycles. The summed E-state index contributed by atoms with van der Waals surface area (Å²) in [5.74, 6) is 0.849. The highest BCUT2D eigenvalue weighted by Gasteiger charge is 2.05. The Bertz CT molecular complexity index is 328. The van der Waals surface area contributed by atoms with Crippen LogP contribution in [0.15, 0.2) is 18.2 Å². The summed E-state index contributed by atoms with van der Waals surface area (Å²) in [7, 11) is -0.780. The molecule has 0 aliphatic heterocycles. The highest BCUT2D eigenvalue weighted by molar-refractivity contribution is 7.84. The second-order valence-corrected chi connectivity index (χ2v) is 5.16. The molecule has 1 heterocycles. The molecule has 0 aliphatic carbocycles. The van der Waals surface area contributed by atoms with E-state index in [1.54, 1.807) is 6.26 Å². The number of pyridine rings is 1. The lowest BCUT2D eigenvalue weighted by Gasteiger charge is -2.10. The van der Waals surface area contributed by atoms with Crippen molar-refractivity contribution in [3.63, 3.8) is 0 Å². The fraction of sp³-hybridized carbons (Fsp3) is 0.500. The van der Waals surface area contributed by atoms with Crippen molar-refractivity contribution in [1.29, 1.82) is 0 Å². The molecule has 1 N–H and O–H groups in total. The van der Waals surface area contributed by atoms with E-state index in [0.29, 0.717) is 6.54 Å². The molecule has 0 saturated heterocycles. The van der Waals surface area contributed by atoms with Crippen LogP contribution in [0.25, 0.3) is 0 Å². The van der Waals surface area contributed by atoms with Crippen molar-refractivity contribution in [3.05, 3.63) is 23.9 Å². The van der Waals surface area contributed by atoms with Crippen LogP contribution < -0.4 is 5.32 Å². The van der Waals surface area contributed by atoms with Gasteiger partial charge in [-0.1, -0.05) is 6.07 Å². The van der Waals surface area contributed by atoms with Crippen LogP contribution in [0.4, 0.5) is 5.82 Å². The highest BCUT2D eigenvalue weighted by Crippen LogP contribution is 2.04. The lowest BCUT2D eigenvalue weighted by Crippen LogP contribution is -2.21. The third-order valence-electron chi connectivity index (χ3n) is 2.03. The van der Waals surface area contributed by atoms with E-state index in [9.17, 15) is 4.21 Å². The molecule has 3 nitrogen and oxygen atoms in total. The zero-order valence-electron chi connectivity index (χ0n) is 8.78. The fourth-order valence-corrected chi connectivity index (χ4v) is 1.33. The van der Waals surface area contributed by atoms with E-state index in [0.717, 1.165) is 11.5 Å². The van der Waals surface area contributed by atoms with Gasteiger partial charge >= 0.3 is 0 Å². The van der Waals surface area contributed by atoms with Gasteiger partial charge in [0.25, 0.3) is 0 Å². The average Bonchev–Trinajstić information content (AvgIpc) is 2.14. The van der Waals surface area contributed by atoms with Crippen molar-refractivity contribution >= 4 is 16.6 Å². The Morgan fingerprint density at radius 2 is 2.29 bits per heavy atom. The number of anilines is 1.